The van der Waals surface area contributed by atoms with Crippen molar-refractivity contribution < 1.29 is 9.53 Å². The molecule has 104 valence electrons. The van der Waals surface area contributed by atoms with Crippen molar-refractivity contribution in [1.29, 1.82) is 0 Å². The number of aromatic nitrogens is 3. The predicted octanol–water partition coefficient (Wildman–Crippen LogP) is 1.71. The van der Waals surface area contributed by atoms with Crippen LogP contribution in [0.4, 0.5) is 5.82 Å². The topological polar surface area (TPSA) is 69.0 Å². The Morgan fingerprint density at radius 3 is 3.00 bits per heavy atom. The van der Waals surface area contributed by atoms with Crippen LogP contribution in [0.5, 0.6) is 0 Å². The summed E-state index contributed by atoms with van der Waals surface area (Å²) in [5.41, 5.74) is 0.465. The minimum absolute atomic E-state index is 0.294. The molecular weight excluding hydrogens is 256 g/mol. The third kappa shape index (κ3) is 3.34. The maximum atomic E-state index is 11.8. The van der Waals surface area contributed by atoms with Crippen LogP contribution < -0.4 is 5.32 Å². The molecule has 3 rings (SSSR count). The van der Waals surface area contributed by atoms with Gasteiger partial charge in [-0.05, 0) is 31.0 Å². The van der Waals surface area contributed by atoms with E-state index in [-0.39, 0.29) is 5.97 Å². The summed E-state index contributed by atoms with van der Waals surface area (Å²) in [6, 6.07) is 5.92. The number of nitrogens with zero attached hydrogens (tertiary/aromatic N) is 3. The Morgan fingerprint density at radius 1 is 1.45 bits per heavy atom. The highest BCUT2D eigenvalue weighted by Gasteiger charge is 2.21. The lowest BCUT2D eigenvalue weighted by atomic mass is 10.3. The summed E-state index contributed by atoms with van der Waals surface area (Å²) >= 11 is 0. The fraction of sp³-hybridized carbons (Fsp3) is 0.357. The summed E-state index contributed by atoms with van der Waals surface area (Å²) in [4.78, 5) is 16.0. The number of pyridine rings is 1. The van der Waals surface area contributed by atoms with Crippen molar-refractivity contribution in [2.45, 2.75) is 25.4 Å². The number of hydrogen-bond acceptors (Lipinski definition) is 5. The summed E-state index contributed by atoms with van der Waals surface area (Å²) in [6.07, 6.45) is 7.45. The van der Waals surface area contributed by atoms with E-state index in [0.29, 0.717) is 24.8 Å². The van der Waals surface area contributed by atoms with Crippen molar-refractivity contribution in [2.75, 3.05) is 11.9 Å². The molecular formula is C14H16N4O2. The van der Waals surface area contributed by atoms with E-state index in [2.05, 4.69) is 15.4 Å². The largest absolute Gasteiger partial charge is 0.460 e. The van der Waals surface area contributed by atoms with E-state index in [1.807, 2.05) is 18.3 Å². The minimum Gasteiger partial charge on any atom is -0.460 e. The van der Waals surface area contributed by atoms with Crippen LogP contribution in [-0.4, -0.2) is 33.4 Å². The normalized spacial score (nSPS) is 14.0. The second-order valence-corrected chi connectivity index (χ2v) is 4.76. The zero-order valence-electron chi connectivity index (χ0n) is 11.0. The van der Waals surface area contributed by atoms with Crippen LogP contribution in [0, 0.1) is 0 Å². The van der Waals surface area contributed by atoms with Crippen molar-refractivity contribution in [3.63, 3.8) is 0 Å². The van der Waals surface area contributed by atoms with E-state index in [0.717, 1.165) is 5.82 Å². The summed E-state index contributed by atoms with van der Waals surface area (Å²) < 4.78 is 6.89. The van der Waals surface area contributed by atoms with Gasteiger partial charge in [-0.15, -0.1) is 0 Å². The first kappa shape index (κ1) is 12.7. The fourth-order valence-electron chi connectivity index (χ4n) is 1.78. The molecule has 1 saturated carbocycles. The van der Waals surface area contributed by atoms with Crippen LogP contribution in [0.15, 0.2) is 36.8 Å². The van der Waals surface area contributed by atoms with Gasteiger partial charge in [0.05, 0.1) is 12.1 Å². The number of carbonyl (C=O) groups excluding carboxylic acids is 1. The molecule has 1 fully saturated rings. The Kier molecular flexibility index (Phi) is 3.62. The van der Waals surface area contributed by atoms with E-state index in [4.69, 9.17) is 4.74 Å². The first-order valence-electron chi connectivity index (χ1n) is 6.68. The Hall–Kier alpha value is -2.37. The second kappa shape index (κ2) is 5.73. The molecule has 0 saturated heterocycles. The van der Waals surface area contributed by atoms with Crippen LogP contribution in [0.2, 0.25) is 0 Å². The highest BCUT2D eigenvalue weighted by atomic mass is 16.5. The Bertz CT molecular complexity index is 561. The molecule has 0 bridgehead atoms. The lowest BCUT2D eigenvalue weighted by Crippen LogP contribution is -2.12. The van der Waals surface area contributed by atoms with Crippen molar-refractivity contribution in [3.8, 4) is 0 Å². The standard InChI is InChI=1S/C14H16N4O2/c19-14(20-9-8-18-7-1-6-16-18)11-2-5-13(15-10-11)17-12-3-4-12/h1-2,5-7,10,12H,3-4,8-9H2,(H,15,17). The van der Waals surface area contributed by atoms with Gasteiger partial charge in [0.2, 0.25) is 0 Å². The number of ether oxygens (including phenoxy) is 1. The molecule has 1 N–H and O–H groups in total. The zero-order chi connectivity index (χ0) is 13.8. The molecule has 0 spiro atoms. The minimum atomic E-state index is -0.359. The van der Waals surface area contributed by atoms with Gasteiger partial charge in [-0.25, -0.2) is 9.78 Å². The summed E-state index contributed by atoms with van der Waals surface area (Å²) in [5.74, 6) is 0.447. The zero-order valence-corrected chi connectivity index (χ0v) is 11.0. The first-order chi connectivity index (χ1) is 9.81. The maximum Gasteiger partial charge on any atom is 0.339 e. The molecule has 0 atom stereocenters. The quantitative estimate of drug-likeness (QED) is 0.811. The molecule has 0 radical (unpaired) electrons. The Balaban J connectivity index is 1.48. The number of carbonyl (C=O) groups is 1. The molecule has 1 aliphatic rings. The Morgan fingerprint density at radius 2 is 2.35 bits per heavy atom. The van der Waals surface area contributed by atoms with Gasteiger partial charge in [-0.1, -0.05) is 0 Å². The third-order valence-electron chi connectivity index (χ3n) is 3.04. The molecule has 0 unspecified atom stereocenters. The van der Waals surface area contributed by atoms with E-state index < -0.39 is 0 Å². The van der Waals surface area contributed by atoms with E-state index >= 15 is 0 Å². The fourth-order valence-corrected chi connectivity index (χ4v) is 1.78. The third-order valence-corrected chi connectivity index (χ3v) is 3.04. The average molecular weight is 272 g/mol. The van der Waals surface area contributed by atoms with Crippen LogP contribution in [0.1, 0.15) is 23.2 Å². The first-order valence-corrected chi connectivity index (χ1v) is 6.68. The monoisotopic (exact) mass is 272 g/mol. The van der Waals surface area contributed by atoms with Gasteiger partial charge in [-0.3, -0.25) is 4.68 Å². The Labute approximate surface area is 116 Å². The average Bonchev–Trinajstić information content (AvgIpc) is 3.12. The smallest absolute Gasteiger partial charge is 0.339 e. The molecule has 0 amide bonds. The number of hydrogen-bond donors (Lipinski definition) is 1. The van der Waals surface area contributed by atoms with E-state index in [1.165, 1.54) is 12.8 Å². The molecule has 2 aromatic heterocycles. The predicted molar refractivity (Wildman–Crippen MR) is 73.4 cm³/mol. The molecule has 6 nitrogen and oxygen atoms in total. The van der Waals surface area contributed by atoms with Crippen molar-refractivity contribution in [2.24, 2.45) is 0 Å². The molecule has 1 aliphatic carbocycles. The van der Waals surface area contributed by atoms with Crippen LogP contribution >= 0.6 is 0 Å². The van der Waals surface area contributed by atoms with Crippen LogP contribution in [0.3, 0.4) is 0 Å². The van der Waals surface area contributed by atoms with Crippen molar-refractivity contribution >= 4 is 11.8 Å². The summed E-state index contributed by atoms with van der Waals surface area (Å²) in [6.45, 7) is 0.843. The van der Waals surface area contributed by atoms with Gasteiger partial charge in [0.15, 0.2) is 0 Å². The molecule has 0 aliphatic heterocycles. The summed E-state index contributed by atoms with van der Waals surface area (Å²) in [7, 11) is 0. The van der Waals surface area contributed by atoms with Crippen LogP contribution in [0.25, 0.3) is 0 Å². The number of anilines is 1. The van der Waals surface area contributed by atoms with Gasteiger partial charge in [-0.2, -0.15) is 5.10 Å². The second-order valence-electron chi connectivity index (χ2n) is 4.76. The molecule has 6 heteroatoms. The highest BCUT2D eigenvalue weighted by molar-refractivity contribution is 5.89. The SMILES string of the molecule is O=C(OCCn1cccn1)c1ccc(NC2CC2)nc1. The molecule has 2 heterocycles. The summed E-state index contributed by atoms with van der Waals surface area (Å²) in [5, 5.41) is 7.30. The lowest BCUT2D eigenvalue weighted by molar-refractivity contribution is 0.0487. The van der Waals surface area contributed by atoms with Crippen LogP contribution in [-0.2, 0) is 11.3 Å². The number of rotatable bonds is 6. The van der Waals surface area contributed by atoms with Crippen molar-refractivity contribution in [1.82, 2.24) is 14.8 Å². The maximum absolute atomic E-state index is 11.8. The van der Waals surface area contributed by atoms with E-state index in [1.54, 1.807) is 23.1 Å². The van der Waals surface area contributed by atoms with Gasteiger partial charge in [0, 0.05) is 24.6 Å². The lowest BCUT2D eigenvalue weighted by Gasteiger charge is -2.06. The van der Waals surface area contributed by atoms with Gasteiger partial charge in [0.25, 0.3) is 0 Å². The molecule has 2 aromatic rings. The van der Waals surface area contributed by atoms with Gasteiger partial charge in [0.1, 0.15) is 12.4 Å². The van der Waals surface area contributed by atoms with Gasteiger partial charge >= 0.3 is 5.97 Å². The van der Waals surface area contributed by atoms with Crippen molar-refractivity contribution in [3.05, 3.63) is 42.4 Å². The van der Waals surface area contributed by atoms with E-state index in [9.17, 15) is 4.79 Å². The van der Waals surface area contributed by atoms with Gasteiger partial charge < -0.3 is 10.1 Å². The number of esters is 1. The highest BCUT2D eigenvalue weighted by Crippen LogP contribution is 2.23. The molecule has 0 aromatic carbocycles. The molecule has 20 heavy (non-hydrogen) atoms. The number of nitrogens with one attached hydrogen (secondary N) is 1.